The molecule has 0 radical (unpaired) electrons. The summed E-state index contributed by atoms with van der Waals surface area (Å²) in [5.41, 5.74) is 5.30. The van der Waals surface area contributed by atoms with Gasteiger partial charge in [0.15, 0.2) is 0 Å². The minimum Gasteiger partial charge on any atom is -0.353 e. The first kappa shape index (κ1) is 7.87. The van der Waals surface area contributed by atoms with E-state index < -0.39 is 0 Å². The Morgan fingerprint density at radius 2 is 2.36 bits per heavy atom. The predicted molar refractivity (Wildman–Crippen MR) is 42.0 cm³/mol. The van der Waals surface area contributed by atoms with Crippen LogP contribution in [0.5, 0.6) is 0 Å². The van der Waals surface area contributed by atoms with E-state index in [-0.39, 0.29) is 0 Å². The van der Waals surface area contributed by atoms with Gasteiger partial charge in [0.05, 0.1) is 12.4 Å². The lowest BCUT2D eigenvalue weighted by atomic mass is 10.4. The first-order chi connectivity index (χ1) is 5.43. The zero-order valence-corrected chi connectivity index (χ0v) is 6.20. The van der Waals surface area contributed by atoms with Crippen LogP contribution >= 0.6 is 0 Å². The van der Waals surface area contributed by atoms with Crippen LogP contribution in [-0.4, -0.2) is 28.3 Å². The molecule has 0 aliphatic carbocycles. The Balaban J connectivity index is 2.28. The monoisotopic (exact) mass is 153 g/mol. The van der Waals surface area contributed by atoms with Gasteiger partial charge in [0.2, 0.25) is 5.95 Å². The molecular weight excluding hydrogens is 142 g/mol. The molecule has 1 rings (SSSR count). The van der Waals surface area contributed by atoms with Gasteiger partial charge in [0.25, 0.3) is 0 Å². The molecule has 0 atom stereocenters. The van der Waals surface area contributed by atoms with Crippen LogP contribution in [0.3, 0.4) is 0 Å². The van der Waals surface area contributed by atoms with E-state index in [1.807, 2.05) is 0 Å². The maximum Gasteiger partial charge on any atom is 0.242 e. The van der Waals surface area contributed by atoms with E-state index in [0.29, 0.717) is 12.5 Å². The average molecular weight is 153 g/mol. The largest absolute Gasteiger partial charge is 0.353 e. The highest BCUT2D eigenvalue weighted by Gasteiger charge is 1.90. The topological polar surface area (TPSA) is 76.7 Å². The summed E-state index contributed by atoms with van der Waals surface area (Å²) in [6, 6.07) is 0. The quantitative estimate of drug-likeness (QED) is 0.577. The lowest BCUT2D eigenvalue weighted by Gasteiger charge is -1.99. The van der Waals surface area contributed by atoms with E-state index in [2.05, 4.69) is 20.5 Å². The fourth-order valence-corrected chi connectivity index (χ4v) is 0.631. The van der Waals surface area contributed by atoms with E-state index in [1.165, 1.54) is 6.20 Å². The fraction of sp³-hybridized carbons (Fsp3) is 0.500. The molecule has 1 heterocycles. The van der Waals surface area contributed by atoms with Crippen LogP contribution in [0.25, 0.3) is 0 Å². The molecule has 5 heteroatoms. The molecule has 60 valence electrons. The number of nitrogens with two attached hydrogens (primary N) is 1. The molecule has 0 unspecified atom stereocenters. The molecule has 0 spiro atoms. The number of nitrogens with zero attached hydrogens (tertiary/aromatic N) is 3. The number of rotatable bonds is 4. The van der Waals surface area contributed by atoms with E-state index in [4.69, 9.17) is 5.73 Å². The van der Waals surface area contributed by atoms with Crippen LogP contribution < -0.4 is 11.1 Å². The van der Waals surface area contributed by atoms with Gasteiger partial charge in [-0.1, -0.05) is 0 Å². The van der Waals surface area contributed by atoms with Crippen molar-refractivity contribution >= 4 is 5.95 Å². The number of hydrogen-bond donors (Lipinski definition) is 2. The second kappa shape index (κ2) is 4.56. The minimum absolute atomic E-state index is 0.556. The maximum atomic E-state index is 5.30. The van der Waals surface area contributed by atoms with Gasteiger partial charge in [-0.25, -0.2) is 4.98 Å². The SMILES string of the molecule is NCCCNc1nccnn1. The molecule has 0 saturated carbocycles. The van der Waals surface area contributed by atoms with Crippen molar-refractivity contribution in [2.24, 2.45) is 5.73 Å². The molecule has 3 N–H and O–H groups in total. The van der Waals surface area contributed by atoms with Gasteiger partial charge in [-0.05, 0) is 13.0 Å². The molecule has 0 amide bonds. The number of hydrogen-bond acceptors (Lipinski definition) is 5. The molecule has 11 heavy (non-hydrogen) atoms. The number of nitrogens with one attached hydrogen (secondary N) is 1. The van der Waals surface area contributed by atoms with Gasteiger partial charge >= 0.3 is 0 Å². The molecule has 1 aromatic rings. The van der Waals surface area contributed by atoms with Gasteiger partial charge < -0.3 is 11.1 Å². The maximum absolute atomic E-state index is 5.30. The third kappa shape index (κ3) is 2.90. The molecule has 1 aromatic heterocycles. The fourth-order valence-electron chi connectivity index (χ4n) is 0.631. The summed E-state index contributed by atoms with van der Waals surface area (Å²) in [7, 11) is 0. The molecule has 5 nitrogen and oxygen atoms in total. The third-order valence-electron chi connectivity index (χ3n) is 1.15. The molecule has 0 fully saturated rings. The third-order valence-corrected chi connectivity index (χ3v) is 1.15. The first-order valence-corrected chi connectivity index (χ1v) is 3.51. The van der Waals surface area contributed by atoms with Gasteiger partial charge in [0.1, 0.15) is 0 Å². The average Bonchev–Trinajstić information content (AvgIpc) is 2.07. The van der Waals surface area contributed by atoms with Crippen LogP contribution in [0, 0.1) is 0 Å². The highest BCUT2D eigenvalue weighted by Crippen LogP contribution is 1.90. The first-order valence-electron chi connectivity index (χ1n) is 3.51. The van der Waals surface area contributed by atoms with Crippen molar-refractivity contribution in [2.45, 2.75) is 6.42 Å². The summed E-state index contributed by atoms with van der Waals surface area (Å²) in [5.74, 6) is 0.556. The van der Waals surface area contributed by atoms with Crippen molar-refractivity contribution in [1.82, 2.24) is 15.2 Å². The van der Waals surface area contributed by atoms with Crippen LogP contribution in [0.1, 0.15) is 6.42 Å². The zero-order chi connectivity index (χ0) is 7.94. The second-order valence-corrected chi connectivity index (χ2v) is 2.04. The summed E-state index contributed by atoms with van der Waals surface area (Å²) in [6.45, 7) is 1.47. The number of aromatic nitrogens is 3. The smallest absolute Gasteiger partial charge is 0.242 e. The standard InChI is InChI=1S/C6H11N5/c7-2-1-3-8-6-9-4-5-10-11-6/h4-5H,1-3,7H2,(H,8,9,11). The van der Waals surface area contributed by atoms with Crippen LogP contribution in [0.4, 0.5) is 5.95 Å². The van der Waals surface area contributed by atoms with Gasteiger partial charge in [-0.3, -0.25) is 0 Å². The van der Waals surface area contributed by atoms with Gasteiger partial charge in [-0.2, -0.15) is 5.10 Å². The molecule has 0 aliphatic rings. The highest BCUT2D eigenvalue weighted by atomic mass is 15.2. The van der Waals surface area contributed by atoms with Gasteiger partial charge in [0, 0.05) is 6.54 Å². The van der Waals surface area contributed by atoms with Crippen LogP contribution in [0.15, 0.2) is 12.4 Å². The van der Waals surface area contributed by atoms with Crippen molar-refractivity contribution in [3.8, 4) is 0 Å². The predicted octanol–water partition coefficient (Wildman–Crippen LogP) is -0.368. The Morgan fingerprint density at radius 1 is 1.45 bits per heavy atom. The van der Waals surface area contributed by atoms with Crippen molar-refractivity contribution in [3.63, 3.8) is 0 Å². The summed E-state index contributed by atoms with van der Waals surface area (Å²) >= 11 is 0. The minimum atomic E-state index is 0.556. The zero-order valence-electron chi connectivity index (χ0n) is 6.20. The van der Waals surface area contributed by atoms with E-state index >= 15 is 0 Å². The molecular formula is C6H11N5. The Labute approximate surface area is 65.0 Å². The summed E-state index contributed by atoms with van der Waals surface area (Å²) in [5, 5.41) is 10.4. The van der Waals surface area contributed by atoms with E-state index in [9.17, 15) is 0 Å². The Hall–Kier alpha value is -1.23. The highest BCUT2D eigenvalue weighted by molar-refractivity contribution is 5.19. The molecule has 0 bridgehead atoms. The van der Waals surface area contributed by atoms with E-state index in [0.717, 1.165) is 13.0 Å². The second-order valence-electron chi connectivity index (χ2n) is 2.04. The molecule has 0 aromatic carbocycles. The molecule has 0 aliphatic heterocycles. The Morgan fingerprint density at radius 3 is 3.00 bits per heavy atom. The van der Waals surface area contributed by atoms with E-state index in [1.54, 1.807) is 6.20 Å². The summed E-state index contributed by atoms with van der Waals surface area (Å²) in [6.07, 6.45) is 4.05. The Bertz CT molecular complexity index is 187. The van der Waals surface area contributed by atoms with Crippen molar-refractivity contribution < 1.29 is 0 Å². The van der Waals surface area contributed by atoms with Gasteiger partial charge in [-0.15, -0.1) is 5.10 Å². The lowest BCUT2D eigenvalue weighted by molar-refractivity contribution is 0.852. The summed E-state index contributed by atoms with van der Waals surface area (Å²) < 4.78 is 0. The van der Waals surface area contributed by atoms with Crippen molar-refractivity contribution in [3.05, 3.63) is 12.4 Å². The normalized spacial score (nSPS) is 9.55. The molecule has 0 saturated heterocycles. The number of anilines is 1. The van der Waals surface area contributed by atoms with Crippen molar-refractivity contribution in [1.29, 1.82) is 0 Å². The van der Waals surface area contributed by atoms with Crippen LogP contribution in [0.2, 0.25) is 0 Å². The lowest BCUT2D eigenvalue weighted by Crippen LogP contribution is -2.10. The Kier molecular flexibility index (Phi) is 3.27. The van der Waals surface area contributed by atoms with Crippen molar-refractivity contribution in [2.75, 3.05) is 18.4 Å². The van der Waals surface area contributed by atoms with Crippen LogP contribution in [-0.2, 0) is 0 Å². The summed E-state index contributed by atoms with van der Waals surface area (Å²) in [4.78, 5) is 3.93.